The average molecular weight is 385 g/mol. The zero-order valence-corrected chi connectivity index (χ0v) is 13.6. The SMILES string of the molecule is CCC(C)c1ccc(Oc2cc(F)c(I)cc2N)cc1. The molecule has 0 aliphatic carbocycles. The van der Waals surface area contributed by atoms with Gasteiger partial charge in [0, 0.05) is 6.07 Å². The molecule has 0 saturated carbocycles. The standard InChI is InChI=1S/C16H17FINO/c1-3-10(2)11-4-6-12(7-5-11)20-16-8-13(17)14(18)9-15(16)19/h4-10H,3,19H2,1-2H3. The number of hydrogen-bond donors (Lipinski definition) is 1. The van der Waals surface area contributed by atoms with E-state index in [2.05, 4.69) is 13.8 Å². The Morgan fingerprint density at radius 1 is 1.25 bits per heavy atom. The van der Waals surface area contributed by atoms with Gasteiger partial charge in [0.05, 0.1) is 9.26 Å². The van der Waals surface area contributed by atoms with Crippen molar-refractivity contribution in [1.29, 1.82) is 0 Å². The molecule has 20 heavy (non-hydrogen) atoms. The maximum atomic E-state index is 13.5. The molecular formula is C16H17FINO. The van der Waals surface area contributed by atoms with E-state index in [1.54, 1.807) is 6.07 Å². The quantitative estimate of drug-likeness (QED) is 0.571. The summed E-state index contributed by atoms with van der Waals surface area (Å²) in [6.07, 6.45) is 1.09. The largest absolute Gasteiger partial charge is 0.455 e. The van der Waals surface area contributed by atoms with Crippen LogP contribution in [0.2, 0.25) is 0 Å². The first-order valence-corrected chi connectivity index (χ1v) is 7.61. The lowest BCUT2D eigenvalue weighted by molar-refractivity contribution is 0.478. The molecule has 106 valence electrons. The summed E-state index contributed by atoms with van der Waals surface area (Å²) in [6, 6.07) is 10.7. The maximum Gasteiger partial charge on any atom is 0.153 e. The molecule has 0 amide bonds. The molecule has 0 radical (unpaired) electrons. The summed E-state index contributed by atoms with van der Waals surface area (Å²) in [7, 11) is 0. The molecule has 2 nitrogen and oxygen atoms in total. The summed E-state index contributed by atoms with van der Waals surface area (Å²) < 4.78 is 19.7. The van der Waals surface area contributed by atoms with Gasteiger partial charge >= 0.3 is 0 Å². The zero-order chi connectivity index (χ0) is 14.7. The topological polar surface area (TPSA) is 35.2 Å². The van der Waals surface area contributed by atoms with Crippen LogP contribution >= 0.6 is 22.6 Å². The van der Waals surface area contributed by atoms with E-state index >= 15 is 0 Å². The fourth-order valence-electron chi connectivity index (χ4n) is 1.86. The molecule has 4 heteroatoms. The number of anilines is 1. The summed E-state index contributed by atoms with van der Waals surface area (Å²) >= 11 is 1.90. The molecule has 2 aromatic rings. The van der Waals surface area contributed by atoms with Crippen LogP contribution in [0.1, 0.15) is 31.7 Å². The van der Waals surface area contributed by atoms with Gasteiger partial charge in [-0.2, -0.15) is 0 Å². The molecule has 2 N–H and O–H groups in total. The second-order valence-electron chi connectivity index (χ2n) is 4.78. The van der Waals surface area contributed by atoms with E-state index in [1.807, 2.05) is 46.9 Å². The minimum absolute atomic E-state index is 0.328. The van der Waals surface area contributed by atoms with Crippen molar-refractivity contribution in [2.24, 2.45) is 0 Å². The lowest BCUT2D eigenvalue weighted by atomic mass is 9.99. The van der Waals surface area contributed by atoms with Crippen LogP contribution in [-0.2, 0) is 0 Å². The Bertz CT molecular complexity index is 598. The van der Waals surface area contributed by atoms with E-state index in [9.17, 15) is 4.39 Å². The predicted molar refractivity (Wildman–Crippen MR) is 88.8 cm³/mol. The summed E-state index contributed by atoms with van der Waals surface area (Å²) in [6.45, 7) is 4.34. The van der Waals surface area contributed by atoms with Gasteiger partial charge in [-0.25, -0.2) is 4.39 Å². The lowest BCUT2D eigenvalue weighted by Crippen LogP contribution is -1.96. The maximum absolute atomic E-state index is 13.5. The molecule has 0 spiro atoms. The molecule has 0 saturated heterocycles. The number of ether oxygens (including phenoxy) is 1. The second kappa shape index (κ2) is 6.43. The highest BCUT2D eigenvalue weighted by molar-refractivity contribution is 14.1. The van der Waals surface area contributed by atoms with Crippen LogP contribution < -0.4 is 10.5 Å². The normalized spacial score (nSPS) is 12.2. The molecular weight excluding hydrogens is 368 g/mol. The number of rotatable bonds is 4. The Labute approximate surface area is 132 Å². The molecule has 0 aliphatic rings. The number of hydrogen-bond acceptors (Lipinski definition) is 2. The first-order chi connectivity index (χ1) is 9.51. The number of nitrogen functional groups attached to an aromatic ring is 1. The summed E-state index contributed by atoms with van der Waals surface area (Å²) in [5.41, 5.74) is 7.54. The van der Waals surface area contributed by atoms with Crippen molar-refractivity contribution in [1.82, 2.24) is 0 Å². The highest BCUT2D eigenvalue weighted by atomic mass is 127. The van der Waals surface area contributed by atoms with Gasteiger partial charge in [0.1, 0.15) is 11.6 Å². The highest BCUT2D eigenvalue weighted by Crippen LogP contribution is 2.31. The number of benzene rings is 2. The molecule has 0 aromatic heterocycles. The summed E-state index contributed by atoms with van der Waals surface area (Å²) in [5.74, 6) is 1.19. The van der Waals surface area contributed by atoms with Crippen molar-refractivity contribution in [3.63, 3.8) is 0 Å². The van der Waals surface area contributed by atoms with E-state index < -0.39 is 0 Å². The van der Waals surface area contributed by atoms with E-state index in [1.165, 1.54) is 11.6 Å². The van der Waals surface area contributed by atoms with E-state index in [0.29, 0.717) is 26.7 Å². The van der Waals surface area contributed by atoms with E-state index in [4.69, 9.17) is 10.5 Å². The van der Waals surface area contributed by atoms with Crippen LogP contribution in [-0.4, -0.2) is 0 Å². The van der Waals surface area contributed by atoms with Gasteiger partial charge in [-0.1, -0.05) is 26.0 Å². The zero-order valence-electron chi connectivity index (χ0n) is 11.5. The van der Waals surface area contributed by atoms with Crippen LogP contribution in [0.4, 0.5) is 10.1 Å². The van der Waals surface area contributed by atoms with Crippen LogP contribution in [0, 0.1) is 9.39 Å². The molecule has 0 heterocycles. The van der Waals surface area contributed by atoms with Crippen molar-refractivity contribution in [3.05, 3.63) is 51.3 Å². The van der Waals surface area contributed by atoms with Crippen LogP contribution in [0.15, 0.2) is 36.4 Å². The summed E-state index contributed by atoms with van der Waals surface area (Å²) in [5, 5.41) is 0. The van der Waals surface area contributed by atoms with Crippen molar-refractivity contribution in [2.75, 3.05) is 5.73 Å². The fraction of sp³-hybridized carbons (Fsp3) is 0.250. The second-order valence-corrected chi connectivity index (χ2v) is 5.95. The first-order valence-electron chi connectivity index (χ1n) is 6.53. The highest BCUT2D eigenvalue weighted by Gasteiger charge is 2.09. The third kappa shape index (κ3) is 3.42. The molecule has 1 unspecified atom stereocenters. The molecule has 0 bridgehead atoms. The van der Waals surface area contributed by atoms with Crippen LogP contribution in [0.5, 0.6) is 11.5 Å². The Balaban J connectivity index is 2.20. The first kappa shape index (κ1) is 15.1. The van der Waals surface area contributed by atoms with Crippen molar-refractivity contribution in [2.45, 2.75) is 26.2 Å². The van der Waals surface area contributed by atoms with E-state index in [-0.39, 0.29) is 5.82 Å². The number of nitrogens with two attached hydrogens (primary N) is 1. The third-order valence-electron chi connectivity index (χ3n) is 3.34. The molecule has 0 fully saturated rings. The van der Waals surface area contributed by atoms with Crippen molar-refractivity contribution < 1.29 is 9.13 Å². The van der Waals surface area contributed by atoms with Gasteiger partial charge in [-0.15, -0.1) is 0 Å². The minimum Gasteiger partial charge on any atom is -0.455 e. The Morgan fingerprint density at radius 3 is 2.50 bits per heavy atom. The predicted octanol–water partition coefficient (Wildman–Crippen LogP) is 5.32. The van der Waals surface area contributed by atoms with Crippen molar-refractivity contribution in [3.8, 4) is 11.5 Å². The van der Waals surface area contributed by atoms with Gasteiger partial charge in [0.25, 0.3) is 0 Å². The van der Waals surface area contributed by atoms with Crippen LogP contribution in [0.25, 0.3) is 0 Å². The molecule has 2 aromatic carbocycles. The lowest BCUT2D eigenvalue weighted by Gasteiger charge is -2.12. The Morgan fingerprint density at radius 2 is 1.90 bits per heavy atom. The van der Waals surface area contributed by atoms with Gasteiger partial charge in [0.15, 0.2) is 5.75 Å². The number of halogens is 2. The third-order valence-corrected chi connectivity index (χ3v) is 4.17. The minimum atomic E-state index is -0.328. The summed E-state index contributed by atoms with van der Waals surface area (Å²) in [4.78, 5) is 0. The average Bonchev–Trinajstić information content (AvgIpc) is 2.44. The van der Waals surface area contributed by atoms with Gasteiger partial charge in [0.2, 0.25) is 0 Å². The van der Waals surface area contributed by atoms with E-state index in [0.717, 1.165) is 6.42 Å². The van der Waals surface area contributed by atoms with Gasteiger partial charge in [-0.05, 0) is 58.7 Å². The smallest absolute Gasteiger partial charge is 0.153 e. The van der Waals surface area contributed by atoms with Crippen LogP contribution in [0.3, 0.4) is 0 Å². The molecule has 2 rings (SSSR count). The Hall–Kier alpha value is -1.30. The van der Waals surface area contributed by atoms with Gasteiger partial charge < -0.3 is 10.5 Å². The molecule has 0 aliphatic heterocycles. The molecule has 1 atom stereocenters. The monoisotopic (exact) mass is 385 g/mol. The van der Waals surface area contributed by atoms with Gasteiger partial charge in [-0.3, -0.25) is 0 Å². The fourth-order valence-corrected chi connectivity index (χ4v) is 2.35. The Kier molecular flexibility index (Phi) is 4.86. The van der Waals surface area contributed by atoms with Crippen molar-refractivity contribution >= 4 is 28.3 Å².